The molecule has 3 aliphatic rings. The number of allylic oxidation sites excluding steroid dienone is 4. The van der Waals surface area contributed by atoms with Crippen LogP contribution in [0.2, 0.25) is 0 Å². The van der Waals surface area contributed by atoms with Gasteiger partial charge in [0.15, 0.2) is 0 Å². The first-order valence-electron chi connectivity index (χ1n) is 20.9. The number of Topliss-reactive ketones (excluding diaryl/α,β-unsaturated/α-hetero) is 2. The first-order valence-corrected chi connectivity index (χ1v) is 20.9. The van der Waals surface area contributed by atoms with E-state index in [9.17, 15) is 44.7 Å². The molecule has 3 fully saturated rings. The molecule has 0 aromatic carbocycles. The Hall–Kier alpha value is -2.22. The summed E-state index contributed by atoms with van der Waals surface area (Å²) in [6.45, 7) is 12.9. The van der Waals surface area contributed by atoms with Crippen LogP contribution in [0.5, 0.6) is 0 Å². The molecule has 2 saturated heterocycles. The molecule has 14 atom stereocenters. The summed E-state index contributed by atoms with van der Waals surface area (Å²) in [7, 11) is 4.54. The number of ketones is 2. The van der Waals surface area contributed by atoms with E-state index < -0.39 is 83.9 Å². The molecule has 14 nitrogen and oxygen atoms in total. The molecule has 3 rings (SSSR count). The number of aliphatic hydroxyl groups excluding tert-OH is 3. The van der Waals surface area contributed by atoms with Crippen LogP contribution >= 0.6 is 0 Å². The number of amides is 1. The number of rotatable bonds is 21. The van der Waals surface area contributed by atoms with E-state index in [0.717, 1.165) is 16.9 Å². The number of carbonyl (C=O) groups excluding carboxylic acids is 4. The minimum atomic E-state index is -2.54. The third kappa shape index (κ3) is 13.9. The van der Waals surface area contributed by atoms with Gasteiger partial charge in [-0.15, -0.1) is 6.58 Å². The molecule has 330 valence electrons. The van der Waals surface area contributed by atoms with E-state index >= 15 is 0 Å². The van der Waals surface area contributed by atoms with Gasteiger partial charge in [0.1, 0.15) is 11.9 Å². The van der Waals surface area contributed by atoms with Crippen molar-refractivity contribution < 1.29 is 82.5 Å². The number of likely N-dealkylation sites (tertiary alicyclic amines) is 1. The Bertz CT molecular complexity index is 1470. The van der Waals surface area contributed by atoms with Crippen molar-refractivity contribution >= 4 is 23.4 Å². The summed E-state index contributed by atoms with van der Waals surface area (Å²) in [6, 6.07) is -1.27. The molecule has 0 bridgehead atoms. The van der Waals surface area contributed by atoms with Crippen LogP contribution < -0.4 is 24.0 Å². The maximum Gasteiger partial charge on any atom is 1.00 e. The fourth-order valence-corrected chi connectivity index (χ4v) is 9.03. The quantitative estimate of drug-likeness (QED) is 0.0674. The summed E-state index contributed by atoms with van der Waals surface area (Å²) in [5.74, 6) is -8.49. The molecule has 1 saturated carbocycles. The third-order valence-corrected chi connectivity index (χ3v) is 12.7. The first-order chi connectivity index (χ1) is 27.3. The standard InChI is InChI=1S/C44H71NO13.Li/c1-10-13-31(35(48)24-34(47)29(6)39(49)27(4)21-30-15-16-33(46)36(23-30)55-7)19-25(2)18-26(3)20-37(56-8)40-38(57-9)22-28(5)44(54,58-40)41(50)42(51)45-17-12-11-14-32(45)43(52)53;/h10,19,21,26,28-34,36-40,46-47,49,54H,1,11-18,20,22-24H2,2-9H3,(H,52,53);/q;+1/p-1/b25-19+,27-21+;/t26-,28+,29+,30-,31+,32-,33+,34-,36+,37-,38-,39+,40+,44+;/m0./s1. The Balaban J connectivity index is 0.0000120. The van der Waals surface area contributed by atoms with Crippen molar-refractivity contribution in [2.24, 2.45) is 29.6 Å². The van der Waals surface area contributed by atoms with Gasteiger partial charge < -0.3 is 54.2 Å². The van der Waals surface area contributed by atoms with Crippen molar-refractivity contribution in [3.8, 4) is 0 Å². The molecule has 15 heteroatoms. The van der Waals surface area contributed by atoms with Gasteiger partial charge in [-0.2, -0.15) is 0 Å². The molecule has 59 heavy (non-hydrogen) atoms. The summed E-state index contributed by atoms with van der Waals surface area (Å²) in [4.78, 5) is 53.3. The fourth-order valence-electron chi connectivity index (χ4n) is 9.03. The van der Waals surface area contributed by atoms with Gasteiger partial charge in [-0.3, -0.25) is 14.4 Å². The van der Waals surface area contributed by atoms with E-state index in [-0.39, 0.29) is 68.4 Å². The van der Waals surface area contributed by atoms with Crippen LogP contribution in [0.4, 0.5) is 0 Å². The number of carbonyl (C=O) groups is 4. The van der Waals surface area contributed by atoms with Gasteiger partial charge in [-0.1, -0.05) is 44.6 Å². The number of carboxylic acids is 1. The Morgan fingerprint density at radius 3 is 2.25 bits per heavy atom. The number of aliphatic hydroxyl groups is 4. The molecule has 1 aliphatic carbocycles. The zero-order valence-electron chi connectivity index (χ0n) is 36.8. The maximum atomic E-state index is 13.7. The predicted molar refractivity (Wildman–Crippen MR) is 214 cm³/mol. The molecule has 0 aromatic heterocycles. The zero-order valence-corrected chi connectivity index (χ0v) is 36.8. The fraction of sp³-hybridized carbons (Fsp3) is 0.773. The van der Waals surface area contributed by atoms with Gasteiger partial charge in [-0.25, -0.2) is 0 Å². The number of methoxy groups -OCH3 is 3. The summed E-state index contributed by atoms with van der Waals surface area (Å²) >= 11 is 0. The van der Waals surface area contributed by atoms with Gasteiger partial charge in [0.05, 0.1) is 48.6 Å². The van der Waals surface area contributed by atoms with Crippen LogP contribution in [0.15, 0.2) is 36.0 Å². The SMILES string of the molecule is C=CC[C@H](/C=C(\C)C[C@H](C)C[C@H](OC)[C@H]1O[C@@](O)(C(=O)C(=O)N2CCCC[C@H]2C(=O)[O-])[C@H](C)C[C@@H]1OC)C(=O)C[C@H](O)[C@@H](C)[C@H](O)/C(C)=C/[C@@H]1CC[C@@H](O)[C@H](OC)C1.[Li+]. The molecule has 1 amide bonds. The van der Waals surface area contributed by atoms with E-state index in [1.165, 1.54) is 14.2 Å². The predicted octanol–water partition coefficient (Wildman–Crippen LogP) is -0.172. The van der Waals surface area contributed by atoms with E-state index in [2.05, 4.69) is 6.58 Å². The van der Waals surface area contributed by atoms with Gasteiger partial charge in [0.2, 0.25) is 5.79 Å². The van der Waals surface area contributed by atoms with Crippen LogP contribution in [0.25, 0.3) is 0 Å². The van der Waals surface area contributed by atoms with E-state index in [4.69, 9.17) is 18.9 Å². The second kappa shape index (κ2) is 24.4. The molecular formula is C44H70LiNO13. The van der Waals surface area contributed by atoms with Gasteiger partial charge in [-0.05, 0) is 95.5 Å². The number of hydrogen-bond acceptors (Lipinski definition) is 13. The summed E-state index contributed by atoms with van der Waals surface area (Å²) in [6.07, 6.45) is 5.03. The van der Waals surface area contributed by atoms with E-state index in [0.29, 0.717) is 50.5 Å². The monoisotopic (exact) mass is 828 g/mol. The average Bonchev–Trinajstić information content (AvgIpc) is 3.19. The van der Waals surface area contributed by atoms with Crippen molar-refractivity contribution in [3.05, 3.63) is 36.0 Å². The largest absolute Gasteiger partial charge is 1.00 e. The number of carboxylic acid groups (broad SMARTS) is 1. The molecule has 0 radical (unpaired) electrons. The van der Waals surface area contributed by atoms with Crippen LogP contribution in [-0.4, -0.2) is 131 Å². The zero-order chi connectivity index (χ0) is 43.5. The smallest absolute Gasteiger partial charge is 0.548 e. The number of nitrogens with zero attached hydrogens (tertiary/aromatic N) is 1. The van der Waals surface area contributed by atoms with Crippen LogP contribution in [0.3, 0.4) is 0 Å². The van der Waals surface area contributed by atoms with Gasteiger partial charge in [0, 0.05) is 52.0 Å². The number of aliphatic carboxylic acids is 1. The Morgan fingerprint density at radius 2 is 1.66 bits per heavy atom. The molecule has 0 aromatic rings. The summed E-state index contributed by atoms with van der Waals surface area (Å²) < 4.78 is 23.1. The topological polar surface area (TPSA) is 212 Å². The molecular weight excluding hydrogens is 757 g/mol. The molecule has 0 spiro atoms. The molecule has 2 aliphatic heterocycles. The molecule has 0 unspecified atom stereocenters. The summed E-state index contributed by atoms with van der Waals surface area (Å²) in [5, 5.41) is 55.8. The number of ether oxygens (including phenoxy) is 4. The second-order valence-corrected chi connectivity index (χ2v) is 17.2. The van der Waals surface area contributed by atoms with E-state index in [1.807, 2.05) is 32.9 Å². The molecule has 2 heterocycles. The van der Waals surface area contributed by atoms with Crippen molar-refractivity contribution in [1.82, 2.24) is 4.90 Å². The normalized spacial score (nSPS) is 31.2. The van der Waals surface area contributed by atoms with Crippen LogP contribution in [0, 0.1) is 29.6 Å². The van der Waals surface area contributed by atoms with Crippen molar-refractivity contribution in [2.75, 3.05) is 27.9 Å². The summed E-state index contributed by atoms with van der Waals surface area (Å²) in [5.41, 5.74) is 1.62. The van der Waals surface area contributed by atoms with Gasteiger partial charge >= 0.3 is 18.9 Å². The van der Waals surface area contributed by atoms with Crippen molar-refractivity contribution in [1.29, 1.82) is 0 Å². The number of piperidine rings is 1. The number of hydrogen-bond donors (Lipinski definition) is 4. The Kier molecular flexibility index (Phi) is 21.9. The Morgan fingerprint density at radius 1 is 1.00 bits per heavy atom. The first kappa shape index (κ1) is 52.9. The van der Waals surface area contributed by atoms with E-state index in [1.54, 1.807) is 27.0 Å². The van der Waals surface area contributed by atoms with Crippen LogP contribution in [-0.2, 0) is 38.1 Å². The van der Waals surface area contributed by atoms with Crippen LogP contribution in [0.1, 0.15) is 105 Å². The average molecular weight is 828 g/mol. The second-order valence-electron chi connectivity index (χ2n) is 17.2. The molecule has 4 N–H and O–H groups in total. The third-order valence-electron chi connectivity index (χ3n) is 12.7. The minimum Gasteiger partial charge on any atom is -0.548 e. The minimum absolute atomic E-state index is 0. The van der Waals surface area contributed by atoms with Crippen molar-refractivity contribution in [2.45, 2.75) is 160 Å². The van der Waals surface area contributed by atoms with Crippen molar-refractivity contribution in [3.63, 3.8) is 0 Å². The maximum absolute atomic E-state index is 13.7. The van der Waals surface area contributed by atoms with Gasteiger partial charge in [0.25, 0.3) is 11.7 Å². The Labute approximate surface area is 362 Å².